The molecule has 0 unspecified atom stereocenters. The van der Waals surface area contributed by atoms with Gasteiger partial charge in [-0.1, -0.05) is 12.1 Å². The van der Waals surface area contributed by atoms with E-state index in [4.69, 9.17) is 4.74 Å². The summed E-state index contributed by atoms with van der Waals surface area (Å²) in [6.07, 6.45) is 3.58. The van der Waals surface area contributed by atoms with Crippen LogP contribution in [0, 0.1) is 13.8 Å². The van der Waals surface area contributed by atoms with Crippen molar-refractivity contribution in [2.45, 2.75) is 20.3 Å². The van der Waals surface area contributed by atoms with E-state index >= 15 is 0 Å². The quantitative estimate of drug-likeness (QED) is 0.598. The van der Waals surface area contributed by atoms with Gasteiger partial charge in [-0.2, -0.15) is 0 Å². The summed E-state index contributed by atoms with van der Waals surface area (Å²) in [7, 11) is 1.49. The van der Waals surface area contributed by atoms with Crippen LogP contribution in [0.15, 0.2) is 36.0 Å². The number of aromatic nitrogens is 2. The Morgan fingerprint density at radius 2 is 2.07 bits per heavy atom. The van der Waals surface area contributed by atoms with Gasteiger partial charge in [-0.15, -0.1) is 11.3 Å². The topological polar surface area (TPSA) is 93.0 Å². The molecule has 9 heteroatoms. The standard InChI is InChI=1S/C20H22N4O4S/c1-13-4-5-14(2)16(8-13)22-17(25)11-23(3)18(26)12-28-19(27)9-15-10-24-6-7-29-20(24)21-15/h4-8,10H,9,11-12H2,1-3H3,(H,22,25). The third-order valence-electron chi connectivity index (χ3n) is 4.30. The zero-order chi connectivity index (χ0) is 21.0. The van der Waals surface area contributed by atoms with Gasteiger partial charge in [-0.25, -0.2) is 4.98 Å². The van der Waals surface area contributed by atoms with Crippen LogP contribution in [0.25, 0.3) is 4.96 Å². The molecule has 0 aliphatic rings. The van der Waals surface area contributed by atoms with Gasteiger partial charge in [0, 0.05) is 30.5 Å². The predicted molar refractivity (Wildman–Crippen MR) is 110 cm³/mol. The average molecular weight is 414 g/mol. The molecule has 2 amide bonds. The molecule has 8 nitrogen and oxygen atoms in total. The minimum absolute atomic E-state index is 0.0154. The second kappa shape index (κ2) is 8.87. The number of hydrogen-bond donors (Lipinski definition) is 1. The van der Waals surface area contributed by atoms with E-state index in [9.17, 15) is 14.4 Å². The number of carbonyl (C=O) groups is 3. The molecule has 0 bridgehead atoms. The molecule has 152 valence electrons. The van der Waals surface area contributed by atoms with Gasteiger partial charge in [0.2, 0.25) is 5.91 Å². The first-order valence-corrected chi connectivity index (χ1v) is 9.87. The van der Waals surface area contributed by atoms with E-state index in [0.717, 1.165) is 16.1 Å². The molecule has 0 fully saturated rings. The lowest BCUT2D eigenvalue weighted by atomic mass is 10.1. The van der Waals surface area contributed by atoms with Crippen molar-refractivity contribution in [1.82, 2.24) is 14.3 Å². The molecule has 1 aromatic carbocycles. The van der Waals surface area contributed by atoms with E-state index in [0.29, 0.717) is 11.4 Å². The summed E-state index contributed by atoms with van der Waals surface area (Å²) >= 11 is 1.47. The van der Waals surface area contributed by atoms with Crippen molar-refractivity contribution >= 4 is 39.8 Å². The van der Waals surface area contributed by atoms with E-state index in [2.05, 4.69) is 10.3 Å². The summed E-state index contributed by atoms with van der Waals surface area (Å²) in [6, 6.07) is 5.75. The van der Waals surface area contributed by atoms with E-state index < -0.39 is 18.5 Å². The Morgan fingerprint density at radius 3 is 2.83 bits per heavy atom. The Morgan fingerprint density at radius 1 is 1.28 bits per heavy atom. The molecular formula is C20H22N4O4S. The molecule has 0 saturated heterocycles. The maximum atomic E-state index is 12.2. The van der Waals surface area contributed by atoms with E-state index in [-0.39, 0.29) is 18.9 Å². The molecule has 2 heterocycles. The highest BCUT2D eigenvalue weighted by Gasteiger charge is 2.17. The molecule has 3 aromatic rings. The van der Waals surface area contributed by atoms with Gasteiger partial charge >= 0.3 is 5.97 Å². The fourth-order valence-electron chi connectivity index (χ4n) is 2.68. The largest absolute Gasteiger partial charge is 0.455 e. The Kier molecular flexibility index (Phi) is 6.28. The summed E-state index contributed by atoms with van der Waals surface area (Å²) in [5.74, 6) is -1.32. The van der Waals surface area contributed by atoms with Crippen molar-refractivity contribution in [2.75, 3.05) is 25.5 Å². The number of ether oxygens (including phenoxy) is 1. The van der Waals surface area contributed by atoms with Crippen LogP contribution in [0.1, 0.15) is 16.8 Å². The molecule has 0 radical (unpaired) electrons. The maximum Gasteiger partial charge on any atom is 0.312 e. The lowest BCUT2D eigenvalue weighted by molar-refractivity contribution is -0.151. The molecule has 29 heavy (non-hydrogen) atoms. The summed E-state index contributed by atoms with van der Waals surface area (Å²) in [4.78, 5) is 42.6. The summed E-state index contributed by atoms with van der Waals surface area (Å²) in [5, 5.41) is 4.69. The smallest absolute Gasteiger partial charge is 0.312 e. The number of amides is 2. The first-order valence-electron chi connectivity index (χ1n) is 8.99. The Balaban J connectivity index is 1.44. The third kappa shape index (κ3) is 5.41. The second-order valence-corrected chi connectivity index (χ2v) is 7.65. The molecule has 3 rings (SSSR count). The van der Waals surface area contributed by atoms with Gasteiger partial charge in [0.05, 0.1) is 18.7 Å². The van der Waals surface area contributed by atoms with Crippen LogP contribution < -0.4 is 5.32 Å². The second-order valence-electron chi connectivity index (χ2n) is 6.78. The van der Waals surface area contributed by atoms with Crippen LogP contribution in [0.4, 0.5) is 5.69 Å². The normalized spacial score (nSPS) is 10.7. The van der Waals surface area contributed by atoms with Crippen LogP contribution in [-0.4, -0.2) is 52.3 Å². The van der Waals surface area contributed by atoms with Crippen LogP contribution >= 0.6 is 11.3 Å². The zero-order valence-electron chi connectivity index (χ0n) is 16.5. The highest BCUT2D eigenvalue weighted by Crippen LogP contribution is 2.16. The van der Waals surface area contributed by atoms with Crippen molar-refractivity contribution < 1.29 is 19.1 Å². The first-order chi connectivity index (χ1) is 13.8. The lowest BCUT2D eigenvalue weighted by Gasteiger charge is -2.17. The number of esters is 1. The van der Waals surface area contributed by atoms with Gasteiger partial charge in [0.15, 0.2) is 11.6 Å². The molecule has 0 saturated carbocycles. The van der Waals surface area contributed by atoms with Gasteiger partial charge in [0.25, 0.3) is 5.91 Å². The highest BCUT2D eigenvalue weighted by molar-refractivity contribution is 7.15. The zero-order valence-corrected chi connectivity index (χ0v) is 17.3. The van der Waals surface area contributed by atoms with Gasteiger partial charge in [0.1, 0.15) is 0 Å². The molecule has 0 atom stereocenters. The Bertz CT molecular complexity index is 1030. The lowest BCUT2D eigenvalue weighted by Crippen LogP contribution is -2.37. The van der Waals surface area contributed by atoms with Crippen molar-refractivity contribution in [1.29, 1.82) is 0 Å². The number of imidazole rings is 1. The molecule has 0 aliphatic heterocycles. The third-order valence-corrected chi connectivity index (χ3v) is 5.07. The van der Waals surface area contributed by atoms with E-state index in [1.165, 1.54) is 23.3 Å². The Labute approximate surface area is 172 Å². The molecule has 2 aromatic heterocycles. The minimum atomic E-state index is -0.544. The number of likely N-dealkylation sites (N-methyl/N-ethyl adjacent to an activating group) is 1. The van der Waals surface area contributed by atoms with Crippen molar-refractivity contribution in [3.8, 4) is 0 Å². The Hall–Kier alpha value is -3.20. The van der Waals surface area contributed by atoms with Crippen molar-refractivity contribution in [3.63, 3.8) is 0 Å². The molecule has 1 N–H and O–H groups in total. The monoisotopic (exact) mass is 414 g/mol. The molecule has 0 spiro atoms. The number of carbonyl (C=O) groups excluding carboxylic acids is 3. The number of thiazole rings is 1. The van der Waals surface area contributed by atoms with Crippen LogP contribution in [0.3, 0.4) is 0 Å². The van der Waals surface area contributed by atoms with Gasteiger partial charge in [-0.3, -0.25) is 18.8 Å². The molecular weight excluding hydrogens is 392 g/mol. The average Bonchev–Trinajstić information content (AvgIpc) is 3.24. The number of anilines is 1. The summed E-state index contributed by atoms with van der Waals surface area (Å²) in [6.45, 7) is 3.27. The number of hydrogen-bond acceptors (Lipinski definition) is 6. The number of nitrogens with one attached hydrogen (secondary N) is 1. The SMILES string of the molecule is Cc1ccc(C)c(NC(=O)CN(C)C(=O)COC(=O)Cc2cn3ccsc3n2)c1. The van der Waals surface area contributed by atoms with E-state index in [1.54, 1.807) is 6.20 Å². The van der Waals surface area contributed by atoms with Crippen LogP contribution in [-0.2, 0) is 25.5 Å². The van der Waals surface area contributed by atoms with Crippen molar-refractivity contribution in [3.05, 3.63) is 52.8 Å². The van der Waals surface area contributed by atoms with Gasteiger partial charge < -0.3 is 15.0 Å². The fourth-order valence-corrected chi connectivity index (χ4v) is 3.40. The predicted octanol–water partition coefficient (Wildman–Crippen LogP) is 2.20. The fraction of sp³-hybridized carbons (Fsp3) is 0.300. The number of rotatable bonds is 7. The number of aryl methyl sites for hydroxylation is 2. The number of fused-ring (bicyclic) bond motifs is 1. The first kappa shape index (κ1) is 20.5. The van der Waals surface area contributed by atoms with E-state index in [1.807, 2.05) is 48.0 Å². The summed E-state index contributed by atoms with van der Waals surface area (Å²) < 4.78 is 6.85. The maximum absolute atomic E-state index is 12.2. The van der Waals surface area contributed by atoms with Crippen LogP contribution in [0.5, 0.6) is 0 Å². The van der Waals surface area contributed by atoms with Crippen LogP contribution in [0.2, 0.25) is 0 Å². The number of benzene rings is 1. The highest BCUT2D eigenvalue weighted by atomic mass is 32.1. The van der Waals surface area contributed by atoms with Crippen molar-refractivity contribution in [2.24, 2.45) is 0 Å². The summed E-state index contributed by atoms with van der Waals surface area (Å²) in [5.41, 5.74) is 3.25. The number of nitrogens with zero attached hydrogens (tertiary/aromatic N) is 3. The minimum Gasteiger partial charge on any atom is -0.455 e. The molecule has 0 aliphatic carbocycles. The van der Waals surface area contributed by atoms with Gasteiger partial charge in [-0.05, 0) is 31.0 Å².